The second-order valence-corrected chi connectivity index (χ2v) is 5.98. The van der Waals surface area contributed by atoms with Gasteiger partial charge in [0.15, 0.2) is 0 Å². The molecule has 0 bridgehead atoms. The van der Waals surface area contributed by atoms with E-state index in [9.17, 15) is 13.4 Å². The summed E-state index contributed by atoms with van der Waals surface area (Å²) in [5.41, 5.74) is 0.418. The largest absolute Gasteiger partial charge is 0.325 e. The fourth-order valence-electron chi connectivity index (χ4n) is 1.46. The van der Waals surface area contributed by atoms with Crippen molar-refractivity contribution in [2.75, 3.05) is 11.1 Å². The van der Waals surface area contributed by atoms with Crippen molar-refractivity contribution in [2.24, 2.45) is 5.92 Å². The molecule has 3 nitrogen and oxygen atoms in total. The van der Waals surface area contributed by atoms with Crippen molar-refractivity contribution in [3.63, 3.8) is 0 Å². The molecule has 2 rings (SSSR count). The molecule has 0 spiro atoms. The van der Waals surface area contributed by atoms with Gasteiger partial charge in [-0.25, -0.2) is 4.39 Å². The van der Waals surface area contributed by atoms with Crippen LogP contribution in [-0.4, -0.2) is 15.9 Å². The van der Waals surface area contributed by atoms with Gasteiger partial charge in [0.2, 0.25) is 5.91 Å². The van der Waals surface area contributed by atoms with Gasteiger partial charge in [-0.15, -0.1) is 0 Å². The van der Waals surface area contributed by atoms with Crippen molar-refractivity contribution in [3.8, 4) is 0 Å². The molecule has 6 heteroatoms. The lowest BCUT2D eigenvalue weighted by Gasteiger charge is -2.07. The van der Waals surface area contributed by atoms with Crippen LogP contribution in [0.2, 0.25) is 0 Å². The van der Waals surface area contributed by atoms with E-state index in [4.69, 9.17) is 0 Å². The number of rotatable bonds is 0. The Labute approximate surface area is 103 Å². The highest BCUT2D eigenvalue weighted by atomic mass is 79.9. The third-order valence-electron chi connectivity index (χ3n) is 2.37. The Kier molecular flexibility index (Phi) is 3.12. The van der Waals surface area contributed by atoms with Gasteiger partial charge in [0.1, 0.15) is 5.82 Å². The van der Waals surface area contributed by atoms with Crippen LogP contribution in [0.5, 0.6) is 0 Å². The molecular formula is C10H9BrFNO2S. The maximum Gasteiger partial charge on any atom is 0.228 e. The smallest absolute Gasteiger partial charge is 0.228 e. The monoisotopic (exact) mass is 305 g/mol. The maximum atomic E-state index is 13.3. The number of hydrogen-bond donors (Lipinski definition) is 1. The van der Waals surface area contributed by atoms with Crippen molar-refractivity contribution in [1.82, 2.24) is 0 Å². The third kappa shape index (κ3) is 2.04. The molecule has 1 amide bonds. The molecule has 2 atom stereocenters. The Bertz CT molecular complexity index is 492. The van der Waals surface area contributed by atoms with Crippen molar-refractivity contribution in [3.05, 3.63) is 22.4 Å². The van der Waals surface area contributed by atoms with E-state index in [2.05, 4.69) is 21.2 Å². The number of benzene rings is 1. The number of carbonyl (C=O) groups is 1. The normalized spacial score (nSPS) is 24.6. The van der Waals surface area contributed by atoms with Gasteiger partial charge in [-0.2, -0.15) is 0 Å². The van der Waals surface area contributed by atoms with Crippen LogP contribution in [0.15, 0.2) is 21.5 Å². The second kappa shape index (κ2) is 4.25. The van der Waals surface area contributed by atoms with Crippen LogP contribution in [0.1, 0.15) is 6.92 Å². The average Bonchev–Trinajstić information content (AvgIpc) is 2.30. The van der Waals surface area contributed by atoms with Crippen LogP contribution in [0, 0.1) is 11.7 Å². The number of carbonyl (C=O) groups excluding carboxylic acids is 1. The van der Waals surface area contributed by atoms with Gasteiger partial charge in [0, 0.05) is 11.7 Å². The molecule has 1 aromatic rings. The van der Waals surface area contributed by atoms with Gasteiger partial charge in [-0.1, -0.05) is 6.92 Å². The second-order valence-electron chi connectivity index (χ2n) is 3.66. The molecule has 1 heterocycles. The summed E-state index contributed by atoms with van der Waals surface area (Å²) >= 11 is 3.03. The lowest BCUT2D eigenvalue weighted by Crippen LogP contribution is -2.21. The van der Waals surface area contributed by atoms with E-state index in [-0.39, 0.29) is 22.1 Å². The highest BCUT2D eigenvalue weighted by Crippen LogP contribution is 2.30. The first-order chi connectivity index (χ1) is 7.49. The lowest BCUT2D eigenvalue weighted by atomic mass is 10.2. The first kappa shape index (κ1) is 11.7. The van der Waals surface area contributed by atoms with Crippen LogP contribution < -0.4 is 5.32 Å². The van der Waals surface area contributed by atoms with Crippen molar-refractivity contribution < 1.29 is 13.4 Å². The first-order valence-electron chi connectivity index (χ1n) is 4.67. The molecule has 86 valence electrons. The Morgan fingerprint density at radius 2 is 2.25 bits per heavy atom. The molecule has 1 aliphatic heterocycles. The summed E-state index contributed by atoms with van der Waals surface area (Å²) in [6, 6.07) is 2.65. The van der Waals surface area contributed by atoms with E-state index in [1.54, 1.807) is 6.92 Å². The van der Waals surface area contributed by atoms with Gasteiger partial charge in [0.25, 0.3) is 0 Å². The highest BCUT2D eigenvalue weighted by molar-refractivity contribution is 9.10. The molecule has 16 heavy (non-hydrogen) atoms. The average molecular weight is 306 g/mol. The van der Waals surface area contributed by atoms with Crippen LogP contribution in [0.4, 0.5) is 10.1 Å². The summed E-state index contributed by atoms with van der Waals surface area (Å²) in [6.45, 7) is 1.70. The molecular weight excluding hydrogens is 297 g/mol. The van der Waals surface area contributed by atoms with Crippen LogP contribution >= 0.6 is 15.9 Å². The number of halogens is 2. The summed E-state index contributed by atoms with van der Waals surface area (Å²) in [5, 5.41) is 2.64. The first-order valence-corrected chi connectivity index (χ1v) is 6.78. The number of amides is 1. The van der Waals surface area contributed by atoms with E-state index in [0.29, 0.717) is 10.6 Å². The van der Waals surface area contributed by atoms with Crippen molar-refractivity contribution in [1.29, 1.82) is 0 Å². The molecule has 1 aliphatic rings. The lowest BCUT2D eigenvalue weighted by molar-refractivity contribution is -0.118. The Hall–Kier alpha value is -0.750. The minimum atomic E-state index is -1.35. The minimum absolute atomic E-state index is 0.189. The van der Waals surface area contributed by atoms with E-state index < -0.39 is 16.6 Å². The molecule has 1 N–H and O–H groups in total. The van der Waals surface area contributed by atoms with E-state index in [1.165, 1.54) is 12.1 Å². The number of nitrogens with one attached hydrogen (secondary N) is 1. The number of anilines is 1. The Morgan fingerprint density at radius 1 is 1.56 bits per heavy atom. The topological polar surface area (TPSA) is 46.2 Å². The van der Waals surface area contributed by atoms with Gasteiger partial charge in [0.05, 0.1) is 25.9 Å². The van der Waals surface area contributed by atoms with Gasteiger partial charge in [-0.05, 0) is 28.1 Å². The van der Waals surface area contributed by atoms with Crippen molar-refractivity contribution in [2.45, 2.75) is 11.8 Å². The molecule has 0 radical (unpaired) electrons. The van der Waals surface area contributed by atoms with Crippen LogP contribution in [0.3, 0.4) is 0 Å². The Balaban J connectivity index is 2.56. The molecule has 0 aromatic heterocycles. The fraction of sp³-hybridized carbons (Fsp3) is 0.300. The Morgan fingerprint density at radius 3 is 2.94 bits per heavy atom. The van der Waals surface area contributed by atoms with Gasteiger partial charge >= 0.3 is 0 Å². The maximum absolute atomic E-state index is 13.3. The molecule has 1 aromatic carbocycles. The van der Waals surface area contributed by atoms with Gasteiger partial charge in [-0.3, -0.25) is 9.00 Å². The molecule has 0 saturated heterocycles. The SMILES string of the molecule is CC1CS(=O)c2cc(F)c(Br)cc2NC1=O. The quantitative estimate of drug-likeness (QED) is 0.799. The number of hydrogen-bond acceptors (Lipinski definition) is 2. The van der Waals surface area contributed by atoms with Gasteiger partial charge < -0.3 is 5.32 Å². The third-order valence-corrected chi connectivity index (χ3v) is 4.61. The predicted molar refractivity (Wildman–Crippen MR) is 63.2 cm³/mol. The van der Waals surface area contributed by atoms with E-state index in [0.717, 1.165) is 0 Å². The highest BCUT2D eigenvalue weighted by Gasteiger charge is 2.25. The molecule has 0 fully saturated rings. The summed E-state index contributed by atoms with van der Waals surface area (Å²) in [6.07, 6.45) is 0. The predicted octanol–water partition coefficient (Wildman–Crippen LogP) is 2.28. The van der Waals surface area contributed by atoms with E-state index >= 15 is 0 Å². The molecule has 2 unspecified atom stereocenters. The summed E-state index contributed by atoms with van der Waals surface area (Å²) < 4.78 is 25.4. The zero-order chi connectivity index (χ0) is 11.9. The summed E-state index contributed by atoms with van der Waals surface area (Å²) in [5.74, 6) is -0.781. The van der Waals surface area contributed by atoms with Crippen LogP contribution in [-0.2, 0) is 15.6 Å². The summed E-state index contributed by atoms with van der Waals surface area (Å²) in [4.78, 5) is 11.9. The standard InChI is InChI=1S/C10H9BrFNO2S/c1-5-4-16(15)9-3-7(12)6(11)2-8(9)13-10(5)14/h2-3,5H,4H2,1H3,(H,13,14). The molecule has 0 saturated carbocycles. The van der Waals surface area contributed by atoms with Crippen molar-refractivity contribution >= 4 is 38.3 Å². The fourth-order valence-corrected chi connectivity index (χ4v) is 3.18. The minimum Gasteiger partial charge on any atom is -0.325 e. The summed E-state index contributed by atoms with van der Waals surface area (Å²) in [7, 11) is -1.35. The van der Waals surface area contributed by atoms with E-state index in [1.807, 2.05) is 0 Å². The zero-order valence-corrected chi connectivity index (χ0v) is 10.8. The number of fused-ring (bicyclic) bond motifs is 1. The zero-order valence-electron chi connectivity index (χ0n) is 8.42. The molecule has 0 aliphatic carbocycles. The van der Waals surface area contributed by atoms with Crippen LogP contribution in [0.25, 0.3) is 0 Å².